The predicted molar refractivity (Wildman–Crippen MR) is 116 cm³/mol. The molecule has 1 unspecified atom stereocenters. The fourth-order valence-electron chi connectivity index (χ4n) is 3.94. The zero-order chi connectivity index (χ0) is 19.8. The first kappa shape index (κ1) is 19.2. The summed E-state index contributed by atoms with van der Waals surface area (Å²) in [5.74, 6) is 2.06. The second kappa shape index (κ2) is 7.72. The highest BCUT2D eigenvalue weighted by Crippen LogP contribution is 2.35. The standard InChI is InChI=1S/C21H24N2O3S2/c1-12-4-6-14-17(10-12)28-19-18(14)20(24)23(21(27)22-19)9-8-13-5-7-15(25-2)16(11-13)26-3/h5,7,11-12H,4,6,8-10H2,1-3H3,(H,22,27). The SMILES string of the molecule is COc1ccc(CCn2c(=S)[nH]c3sc4c(c3c2=O)CCC(C)C4)cc1OC. The number of aryl methyl sites for hydroxylation is 2. The Balaban J connectivity index is 1.68. The van der Waals surface area contributed by atoms with Gasteiger partial charge in [0.1, 0.15) is 4.83 Å². The first-order valence-corrected chi connectivity index (χ1v) is 10.7. The van der Waals surface area contributed by atoms with E-state index in [9.17, 15) is 4.79 Å². The van der Waals surface area contributed by atoms with Crippen LogP contribution in [0, 0.1) is 10.7 Å². The number of nitrogens with zero attached hydrogens (tertiary/aromatic N) is 1. The van der Waals surface area contributed by atoms with Crippen molar-refractivity contribution in [3.8, 4) is 11.5 Å². The number of thiophene rings is 1. The third-order valence-electron chi connectivity index (χ3n) is 5.51. The molecule has 7 heteroatoms. The number of hydrogen-bond donors (Lipinski definition) is 1. The molecule has 28 heavy (non-hydrogen) atoms. The van der Waals surface area contributed by atoms with E-state index < -0.39 is 0 Å². The molecule has 2 heterocycles. The molecule has 1 aliphatic carbocycles. The van der Waals surface area contributed by atoms with Crippen molar-refractivity contribution in [3.05, 3.63) is 49.3 Å². The van der Waals surface area contributed by atoms with Gasteiger partial charge in [-0.3, -0.25) is 9.36 Å². The number of benzene rings is 1. The largest absolute Gasteiger partial charge is 0.493 e. The van der Waals surface area contributed by atoms with E-state index in [1.807, 2.05) is 18.2 Å². The van der Waals surface area contributed by atoms with Gasteiger partial charge in [-0.05, 0) is 67.1 Å². The monoisotopic (exact) mass is 416 g/mol. The van der Waals surface area contributed by atoms with Gasteiger partial charge in [-0.15, -0.1) is 11.3 Å². The van der Waals surface area contributed by atoms with Gasteiger partial charge in [0.2, 0.25) is 0 Å². The molecule has 1 aliphatic rings. The number of hydrogen-bond acceptors (Lipinski definition) is 5. The van der Waals surface area contributed by atoms with E-state index in [1.165, 1.54) is 10.4 Å². The molecule has 1 N–H and O–H groups in total. The van der Waals surface area contributed by atoms with E-state index in [-0.39, 0.29) is 5.56 Å². The highest BCUT2D eigenvalue weighted by molar-refractivity contribution is 7.71. The van der Waals surface area contributed by atoms with Crippen LogP contribution >= 0.6 is 23.6 Å². The minimum atomic E-state index is 0.0336. The average molecular weight is 417 g/mol. The Morgan fingerprint density at radius 3 is 2.82 bits per heavy atom. The third-order valence-corrected chi connectivity index (χ3v) is 7.00. The Labute approximate surface area is 172 Å². The molecule has 1 atom stereocenters. The summed E-state index contributed by atoms with van der Waals surface area (Å²) in [4.78, 5) is 18.8. The average Bonchev–Trinajstić information content (AvgIpc) is 3.04. The van der Waals surface area contributed by atoms with E-state index >= 15 is 0 Å². The number of rotatable bonds is 5. The number of ether oxygens (including phenoxy) is 2. The van der Waals surface area contributed by atoms with Crippen molar-refractivity contribution >= 4 is 33.8 Å². The van der Waals surface area contributed by atoms with Crippen molar-refractivity contribution in [3.63, 3.8) is 0 Å². The molecule has 4 rings (SSSR count). The van der Waals surface area contributed by atoms with Crippen molar-refractivity contribution in [1.29, 1.82) is 0 Å². The molecule has 2 aromatic heterocycles. The van der Waals surface area contributed by atoms with Crippen molar-refractivity contribution in [1.82, 2.24) is 9.55 Å². The van der Waals surface area contributed by atoms with E-state index in [1.54, 1.807) is 30.1 Å². The van der Waals surface area contributed by atoms with Crippen molar-refractivity contribution in [2.75, 3.05) is 14.2 Å². The van der Waals surface area contributed by atoms with Gasteiger partial charge < -0.3 is 14.5 Å². The number of aromatic amines is 1. The summed E-state index contributed by atoms with van der Waals surface area (Å²) in [5.41, 5.74) is 2.33. The maximum Gasteiger partial charge on any atom is 0.263 e. The number of methoxy groups -OCH3 is 2. The van der Waals surface area contributed by atoms with Crippen LogP contribution in [-0.4, -0.2) is 23.8 Å². The molecule has 5 nitrogen and oxygen atoms in total. The van der Waals surface area contributed by atoms with Gasteiger partial charge in [0.05, 0.1) is 19.6 Å². The van der Waals surface area contributed by atoms with Gasteiger partial charge in [-0.1, -0.05) is 13.0 Å². The minimum Gasteiger partial charge on any atom is -0.493 e. The van der Waals surface area contributed by atoms with Crippen LogP contribution in [0.1, 0.15) is 29.3 Å². The summed E-state index contributed by atoms with van der Waals surface area (Å²) in [7, 11) is 3.24. The molecule has 0 saturated carbocycles. The predicted octanol–water partition coefficient (Wildman–Crippen LogP) is 4.51. The summed E-state index contributed by atoms with van der Waals surface area (Å²) in [6.07, 6.45) is 3.86. The molecule has 0 aliphatic heterocycles. The lowest BCUT2D eigenvalue weighted by Gasteiger charge is -2.17. The molecule has 148 valence electrons. The van der Waals surface area contributed by atoms with E-state index in [0.29, 0.717) is 35.2 Å². The Kier molecular flexibility index (Phi) is 5.29. The van der Waals surface area contributed by atoms with E-state index in [4.69, 9.17) is 21.7 Å². The number of nitrogens with one attached hydrogen (secondary N) is 1. The summed E-state index contributed by atoms with van der Waals surface area (Å²) in [6, 6.07) is 5.83. The maximum absolute atomic E-state index is 13.2. The fourth-order valence-corrected chi connectivity index (χ4v) is 5.68. The lowest BCUT2D eigenvalue weighted by Crippen LogP contribution is -2.24. The van der Waals surface area contributed by atoms with Crippen LogP contribution in [0.15, 0.2) is 23.0 Å². The Hall–Kier alpha value is -2.12. The van der Waals surface area contributed by atoms with E-state index in [0.717, 1.165) is 35.0 Å². The van der Waals surface area contributed by atoms with Crippen LogP contribution in [0.3, 0.4) is 0 Å². The Morgan fingerprint density at radius 2 is 2.07 bits per heavy atom. The first-order valence-electron chi connectivity index (χ1n) is 9.50. The van der Waals surface area contributed by atoms with Crippen LogP contribution in [0.5, 0.6) is 11.5 Å². The first-order chi connectivity index (χ1) is 13.5. The molecular formula is C21H24N2O3S2. The number of aromatic nitrogens is 2. The van der Waals surface area contributed by atoms with Crippen molar-refractivity contribution < 1.29 is 9.47 Å². The second-order valence-electron chi connectivity index (χ2n) is 7.38. The van der Waals surface area contributed by atoms with Gasteiger partial charge >= 0.3 is 0 Å². The quantitative estimate of drug-likeness (QED) is 0.622. The van der Waals surface area contributed by atoms with Crippen molar-refractivity contribution in [2.24, 2.45) is 5.92 Å². The minimum absolute atomic E-state index is 0.0336. The van der Waals surface area contributed by atoms with Gasteiger partial charge in [0, 0.05) is 11.4 Å². The molecule has 1 aromatic carbocycles. The third kappa shape index (κ3) is 3.37. The maximum atomic E-state index is 13.2. The second-order valence-corrected chi connectivity index (χ2v) is 8.87. The van der Waals surface area contributed by atoms with Crippen LogP contribution < -0.4 is 15.0 Å². The molecule has 0 amide bonds. The smallest absolute Gasteiger partial charge is 0.263 e. The molecule has 0 bridgehead atoms. The summed E-state index contributed by atoms with van der Waals surface area (Å²) < 4.78 is 12.9. The number of H-pyrrole nitrogens is 1. The lowest BCUT2D eigenvalue weighted by atomic mass is 9.89. The van der Waals surface area contributed by atoms with Crippen LogP contribution in [0.4, 0.5) is 0 Å². The van der Waals surface area contributed by atoms with Gasteiger partial charge in [0.25, 0.3) is 5.56 Å². The molecule has 0 spiro atoms. The summed E-state index contributed by atoms with van der Waals surface area (Å²) in [6.45, 7) is 2.80. The zero-order valence-electron chi connectivity index (χ0n) is 16.3. The Morgan fingerprint density at radius 1 is 1.29 bits per heavy atom. The summed E-state index contributed by atoms with van der Waals surface area (Å²) >= 11 is 7.20. The highest BCUT2D eigenvalue weighted by atomic mass is 32.1. The van der Waals surface area contributed by atoms with Gasteiger partial charge in [0.15, 0.2) is 16.3 Å². The molecule has 0 saturated heterocycles. The van der Waals surface area contributed by atoms with Crippen LogP contribution in [0.25, 0.3) is 10.2 Å². The lowest BCUT2D eigenvalue weighted by molar-refractivity contribution is 0.354. The fraction of sp³-hybridized carbons (Fsp3) is 0.429. The van der Waals surface area contributed by atoms with Crippen LogP contribution in [-0.2, 0) is 25.8 Å². The van der Waals surface area contributed by atoms with Crippen molar-refractivity contribution in [2.45, 2.75) is 39.2 Å². The molecular weight excluding hydrogens is 392 g/mol. The van der Waals surface area contributed by atoms with Gasteiger partial charge in [-0.25, -0.2) is 0 Å². The highest BCUT2D eigenvalue weighted by Gasteiger charge is 2.23. The Bertz CT molecular complexity index is 1140. The van der Waals surface area contributed by atoms with Crippen LogP contribution in [0.2, 0.25) is 0 Å². The topological polar surface area (TPSA) is 56.2 Å². The van der Waals surface area contributed by atoms with E-state index in [2.05, 4.69) is 11.9 Å². The molecule has 3 aromatic rings. The molecule has 0 radical (unpaired) electrons. The number of fused-ring (bicyclic) bond motifs is 3. The van der Waals surface area contributed by atoms with Gasteiger partial charge in [-0.2, -0.15) is 0 Å². The normalized spacial score (nSPS) is 16.2. The summed E-state index contributed by atoms with van der Waals surface area (Å²) in [5, 5.41) is 0.841. The zero-order valence-corrected chi connectivity index (χ0v) is 18.0. The molecule has 0 fully saturated rings.